The van der Waals surface area contributed by atoms with Crippen molar-refractivity contribution in [2.75, 3.05) is 6.54 Å². The van der Waals surface area contributed by atoms with Crippen molar-refractivity contribution in [2.45, 2.75) is 52.5 Å². The van der Waals surface area contributed by atoms with E-state index in [1.807, 2.05) is 12.1 Å². The van der Waals surface area contributed by atoms with Gasteiger partial charge in [0.1, 0.15) is 0 Å². The van der Waals surface area contributed by atoms with Crippen molar-refractivity contribution in [3.63, 3.8) is 0 Å². The van der Waals surface area contributed by atoms with Crippen LogP contribution in [0.4, 0.5) is 0 Å². The highest BCUT2D eigenvalue weighted by molar-refractivity contribution is 6.30. The molecule has 1 aromatic rings. The normalized spacial score (nSPS) is 12.9. The first-order valence-electron chi connectivity index (χ1n) is 7.09. The lowest BCUT2D eigenvalue weighted by molar-refractivity contribution is 0.410. The topological polar surface area (TPSA) is 12.0 Å². The van der Waals surface area contributed by atoms with Gasteiger partial charge in [0.05, 0.1) is 0 Å². The molecule has 0 heterocycles. The lowest BCUT2D eigenvalue weighted by Crippen LogP contribution is -2.30. The predicted octanol–water partition coefficient (Wildman–Crippen LogP) is 4.69. The van der Waals surface area contributed by atoms with Crippen LogP contribution in [0.1, 0.15) is 45.6 Å². The Bertz CT molecular complexity index is 336. The second-order valence-electron chi connectivity index (χ2n) is 5.41. The van der Waals surface area contributed by atoms with Gasteiger partial charge < -0.3 is 5.32 Å². The van der Waals surface area contributed by atoms with Crippen LogP contribution in [0, 0.1) is 5.92 Å². The van der Waals surface area contributed by atoms with E-state index in [4.69, 9.17) is 11.6 Å². The number of rotatable bonds is 8. The van der Waals surface area contributed by atoms with E-state index in [9.17, 15) is 0 Å². The molecule has 102 valence electrons. The molecule has 0 aromatic heterocycles. The molecule has 18 heavy (non-hydrogen) atoms. The fraction of sp³-hybridized carbons (Fsp3) is 0.625. The maximum Gasteiger partial charge on any atom is 0.0408 e. The standard InChI is InChI=1S/C16H26ClN/c1-4-5-7-15(12-18-13(2)3)10-14-8-6-9-16(17)11-14/h6,8-9,11,13,15,18H,4-5,7,10,12H2,1-3H3. The van der Waals surface area contributed by atoms with Gasteiger partial charge in [0.15, 0.2) is 0 Å². The molecule has 1 aromatic carbocycles. The zero-order valence-corrected chi connectivity index (χ0v) is 12.6. The van der Waals surface area contributed by atoms with Crippen LogP contribution < -0.4 is 5.32 Å². The van der Waals surface area contributed by atoms with Crippen molar-refractivity contribution in [3.05, 3.63) is 34.9 Å². The van der Waals surface area contributed by atoms with Crippen molar-refractivity contribution in [3.8, 4) is 0 Å². The highest BCUT2D eigenvalue weighted by atomic mass is 35.5. The average Bonchev–Trinajstić information content (AvgIpc) is 2.32. The Morgan fingerprint density at radius 2 is 2.06 bits per heavy atom. The largest absolute Gasteiger partial charge is 0.314 e. The molecule has 0 bridgehead atoms. The lowest BCUT2D eigenvalue weighted by Gasteiger charge is -2.19. The number of hydrogen-bond donors (Lipinski definition) is 1. The summed E-state index contributed by atoms with van der Waals surface area (Å²) in [5.41, 5.74) is 1.36. The maximum atomic E-state index is 6.04. The monoisotopic (exact) mass is 267 g/mol. The van der Waals surface area contributed by atoms with Gasteiger partial charge in [0.25, 0.3) is 0 Å². The van der Waals surface area contributed by atoms with Crippen LogP contribution in [0.15, 0.2) is 24.3 Å². The lowest BCUT2D eigenvalue weighted by atomic mass is 9.94. The van der Waals surface area contributed by atoms with E-state index in [0.717, 1.165) is 18.0 Å². The molecule has 1 rings (SSSR count). The van der Waals surface area contributed by atoms with Gasteiger partial charge in [-0.2, -0.15) is 0 Å². The Balaban J connectivity index is 2.53. The number of nitrogens with one attached hydrogen (secondary N) is 1. The van der Waals surface area contributed by atoms with E-state index >= 15 is 0 Å². The van der Waals surface area contributed by atoms with Gasteiger partial charge in [-0.25, -0.2) is 0 Å². The van der Waals surface area contributed by atoms with E-state index in [1.165, 1.54) is 24.8 Å². The van der Waals surface area contributed by atoms with Crippen LogP contribution in [0.25, 0.3) is 0 Å². The molecule has 1 N–H and O–H groups in total. The summed E-state index contributed by atoms with van der Waals surface area (Å²) in [5.74, 6) is 0.714. The minimum absolute atomic E-state index is 0.563. The Labute approximate surface area is 117 Å². The van der Waals surface area contributed by atoms with Gasteiger partial charge in [0.2, 0.25) is 0 Å². The molecule has 0 aliphatic rings. The van der Waals surface area contributed by atoms with Gasteiger partial charge in [-0.3, -0.25) is 0 Å². The maximum absolute atomic E-state index is 6.04. The van der Waals surface area contributed by atoms with Gasteiger partial charge in [-0.05, 0) is 43.0 Å². The molecular formula is C16H26ClN. The summed E-state index contributed by atoms with van der Waals surface area (Å²) in [7, 11) is 0. The fourth-order valence-corrected chi connectivity index (χ4v) is 2.38. The number of benzene rings is 1. The summed E-state index contributed by atoms with van der Waals surface area (Å²) < 4.78 is 0. The van der Waals surface area contributed by atoms with Crippen molar-refractivity contribution in [1.82, 2.24) is 5.32 Å². The Hall–Kier alpha value is -0.530. The zero-order chi connectivity index (χ0) is 13.4. The average molecular weight is 268 g/mol. The molecule has 0 saturated heterocycles. The van der Waals surface area contributed by atoms with E-state index < -0.39 is 0 Å². The summed E-state index contributed by atoms with van der Waals surface area (Å²) in [5, 5.41) is 4.40. The number of unbranched alkanes of at least 4 members (excludes halogenated alkanes) is 1. The van der Waals surface area contributed by atoms with Crippen LogP contribution in [0.5, 0.6) is 0 Å². The molecular weight excluding hydrogens is 242 g/mol. The third-order valence-corrected chi connectivity index (χ3v) is 3.43. The molecule has 1 nitrogen and oxygen atoms in total. The zero-order valence-electron chi connectivity index (χ0n) is 11.9. The van der Waals surface area contributed by atoms with E-state index in [0.29, 0.717) is 12.0 Å². The Morgan fingerprint density at radius 3 is 2.67 bits per heavy atom. The molecule has 0 fully saturated rings. The van der Waals surface area contributed by atoms with E-state index in [-0.39, 0.29) is 0 Å². The van der Waals surface area contributed by atoms with Gasteiger partial charge in [-0.15, -0.1) is 0 Å². The van der Waals surface area contributed by atoms with Crippen LogP contribution >= 0.6 is 11.6 Å². The van der Waals surface area contributed by atoms with E-state index in [2.05, 4.69) is 38.2 Å². The summed E-state index contributed by atoms with van der Waals surface area (Å²) >= 11 is 6.04. The molecule has 0 radical (unpaired) electrons. The fourth-order valence-electron chi connectivity index (χ4n) is 2.17. The molecule has 2 heteroatoms. The second kappa shape index (κ2) is 8.55. The van der Waals surface area contributed by atoms with Crippen molar-refractivity contribution < 1.29 is 0 Å². The van der Waals surface area contributed by atoms with Crippen LogP contribution in [0.3, 0.4) is 0 Å². The van der Waals surface area contributed by atoms with Crippen molar-refractivity contribution in [1.29, 1.82) is 0 Å². The van der Waals surface area contributed by atoms with Crippen LogP contribution in [0.2, 0.25) is 5.02 Å². The van der Waals surface area contributed by atoms with Crippen molar-refractivity contribution >= 4 is 11.6 Å². The molecule has 0 aliphatic heterocycles. The summed E-state index contributed by atoms with van der Waals surface area (Å²) in [6, 6.07) is 8.83. The van der Waals surface area contributed by atoms with Gasteiger partial charge >= 0.3 is 0 Å². The quantitative estimate of drug-likeness (QED) is 0.721. The first kappa shape index (κ1) is 15.5. The SMILES string of the molecule is CCCCC(CNC(C)C)Cc1cccc(Cl)c1. The molecule has 0 spiro atoms. The second-order valence-corrected chi connectivity index (χ2v) is 5.84. The first-order chi connectivity index (χ1) is 8.61. The molecule has 1 atom stereocenters. The van der Waals surface area contributed by atoms with Crippen molar-refractivity contribution in [2.24, 2.45) is 5.92 Å². The summed E-state index contributed by atoms with van der Waals surface area (Å²) in [6.45, 7) is 7.77. The summed E-state index contributed by atoms with van der Waals surface area (Å²) in [6.07, 6.45) is 5.00. The third-order valence-electron chi connectivity index (χ3n) is 3.19. The van der Waals surface area contributed by atoms with Crippen LogP contribution in [-0.4, -0.2) is 12.6 Å². The minimum atomic E-state index is 0.563. The molecule has 1 unspecified atom stereocenters. The van der Waals surface area contributed by atoms with Gasteiger partial charge in [0, 0.05) is 11.1 Å². The summed E-state index contributed by atoms with van der Waals surface area (Å²) in [4.78, 5) is 0. The third kappa shape index (κ3) is 6.42. The van der Waals surface area contributed by atoms with Crippen LogP contribution in [-0.2, 0) is 6.42 Å². The number of hydrogen-bond acceptors (Lipinski definition) is 1. The van der Waals surface area contributed by atoms with Gasteiger partial charge in [-0.1, -0.05) is 57.3 Å². The predicted molar refractivity (Wildman–Crippen MR) is 81.3 cm³/mol. The molecule has 0 aliphatic carbocycles. The minimum Gasteiger partial charge on any atom is -0.314 e. The first-order valence-corrected chi connectivity index (χ1v) is 7.47. The van der Waals surface area contributed by atoms with E-state index in [1.54, 1.807) is 0 Å². The molecule has 0 saturated carbocycles. The number of halogens is 1. The highest BCUT2D eigenvalue weighted by Gasteiger charge is 2.10. The highest BCUT2D eigenvalue weighted by Crippen LogP contribution is 2.18. The Morgan fingerprint density at radius 1 is 1.28 bits per heavy atom. The smallest absolute Gasteiger partial charge is 0.0408 e. The Kier molecular flexibility index (Phi) is 7.38. The molecule has 0 amide bonds.